The van der Waals surface area contributed by atoms with E-state index in [1.165, 1.54) is 4.90 Å². The Labute approximate surface area is 146 Å². The molecule has 1 N–H and O–H groups in total. The van der Waals surface area contributed by atoms with Crippen molar-refractivity contribution in [3.63, 3.8) is 0 Å². The van der Waals surface area contributed by atoms with Crippen molar-refractivity contribution in [1.82, 2.24) is 5.32 Å². The summed E-state index contributed by atoms with van der Waals surface area (Å²) in [5.41, 5.74) is 1.66. The van der Waals surface area contributed by atoms with Gasteiger partial charge in [-0.3, -0.25) is 9.59 Å². The summed E-state index contributed by atoms with van der Waals surface area (Å²) in [7, 11) is 3.29. The first-order chi connectivity index (χ1) is 12.1. The van der Waals surface area contributed by atoms with Gasteiger partial charge in [0.25, 0.3) is 5.91 Å². The number of para-hydroxylation sites is 2. The van der Waals surface area contributed by atoms with Crippen molar-refractivity contribution >= 4 is 17.5 Å². The average molecular weight is 340 g/mol. The summed E-state index contributed by atoms with van der Waals surface area (Å²) in [4.78, 5) is 26.1. The van der Waals surface area contributed by atoms with E-state index in [0.29, 0.717) is 18.0 Å². The number of likely N-dealkylation sites (N-methyl/N-ethyl adjacent to an activating group) is 1. The number of benzene rings is 2. The van der Waals surface area contributed by atoms with Gasteiger partial charge in [-0.2, -0.15) is 0 Å². The lowest BCUT2D eigenvalue weighted by atomic mass is 10.1. The predicted octanol–water partition coefficient (Wildman–Crippen LogP) is 2.13. The number of carbonyl (C=O) groups excluding carboxylic acids is 2. The average Bonchev–Trinajstić information content (AvgIpc) is 2.64. The number of ether oxygens (including phenoxy) is 2. The summed E-state index contributed by atoms with van der Waals surface area (Å²) in [6, 6.07) is 14.7. The van der Waals surface area contributed by atoms with Crippen LogP contribution in [0, 0.1) is 0 Å². The molecule has 0 spiro atoms. The van der Waals surface area contributed by atoms with E-state index in [-0.39, 0.29) is 18.2 Å². The molecule has 2 amide bonds. The number of rotatable bonds is 5. The van der Waals surface area contributed by atoms with Gasteiger partial charge in [0.2, 0.25) is 5.91 Å². The fourth-order valence-corrected chi connectivity index (χ4v) is 2.69. The van der Waals surface area contributed by atoms with Crippen LogP contribution in [-0.4, -0.2) is 32.1 Å². The first kappa shape index (κ1) is 16.8. The van der Waals surface area contributed by atoms with Crippen molar-refractivity contribution in [3.05, 3.63) is 54.1 Å². The second kappa shape index (κ2) is 7.25. The summed E-state index contributed by atoms with van der Waals surface area (Å²) in [6.07, 6.45) is -0.830. The minimum absolute atomic E-state index is 0.0202. The van der Waals surface area contributed by atoms with E-state index < -0.39 is 6.10 Å². The zero-order chi connectivity index (χ0) is 17.8. The van der Waals surface area contributed by atoms with Gasteiger partial charge in [0.15, 0.2) is 6.10 Å². The van der Waals surface area contributed by atoms with Crippen molar-refractivity contribution < 1.29 is 19.1 Å². The van der Waals surface area contributed by atoms with Crippen molar-refractivity contribution in [2.24, 2.45) is 0 Å². The number of nitrogens with one attached hydrogen (secondary N) is 1. The van der Waals surface area contributed by atoms with Crippen molar-refractivity contribution in [3.8, 4) is 11.5 Å². The molecule has 1 aliphatic rings. The van der Waals surface area contributed by atoms with Gasteiger partial charge in [-0.1, -0.05) is 24.3 Å². The smallest absolute Gasteiger partial charge is 0.268 e. The van der Waals surface area contributed by atoms with Crippen LogP contribution in [0.1, 0.15) is 12.0 Å². The number of hydrogen-bond donors (Lipinski definition) is 1. The highest BCUT2D eigenvalue weighted by atomic mass is 16.5. The highest BCUT2D eigenvalue weighted by molar-refractivity contribution is 6.01. The van der Waals surface area contributed by atoms with Gasteiger partial charge in [-0.05, 0) is 29.8 Å². The molecule has 1 aliphatic heterocycles. The topological polar surface area (TPSA) is 67.9 Å². The molecular weight excluding hydrogens is 320 g/mol. The molecule has 2 aromatic rings. The maximum absolute atomic E-state index is 12.4. The zero-order valence-electron chi connectivity index (χ0n) is 14.2. The second-order valence-electron chi connectivity index (χ2n) is 5.80. The van der Waals surface area contributed by atoms with E-state index >= 15 is 0 Å². The molecule has 3 rings (SSSR count). The van der Waals surface area contributed by atoms with Crippen LogP contribution in [0.3, 0.4) is 0 Å². The van der Waals surface area contributed by atoms with Gasteiger partial charge in [-0.15, -0.1) is 0 Å². The molecule has 1 heterocycles. The third kappa shape index (κ3) is 3.74. The summed E-state index contributed by atoms with van der Waals surface area (Å²) >= 11 is 0. The van der Waals surface area contributed by atoms with E-state index in [9.17, 15) is 9.59 Å². The highest BCUT2D eigenvalue weighted by Crippen LogP contribution is 2.33. The Hall–Kier alpha value is -3.02. The fraction of sp³-hybridized carbons (Fsp3) is 0.263. The summed E-state index contributed by atoms with van der Waals surface area (Å²) < 4.78 is 10.8. The minimum atomic E-state index is -0.809. The van der Waals surface area contributed by atoms with E-state index in [1.54, 1.807) is 20.2 Å². The molecule has 0 aromatic heterocycles. The molecule has 25 heavy (non-hydrogen) atoms. The van der Waals surface area contributed by atoms with Crippen molar-refractivity contribution in [1.29, 1.82) is 0 Å². The van der Waals surface area contributed by atoms with Crippen molar-refractivity contribution in [2.45, 2.75) is 19.1 Å². The van der Waals surface area contributed by atoms with E-state index in [2.05, 4.69) is 5.32 Å². The predicted molar refractivity (Wildman–Crippen MR) is 93.7 cm³/mol. The first-order valence-corrected chi connectivity index (χ1v) is 8.01. The van der Waals surface area contributed by atoms with Crippen LogP contribution in [0.15, 0.2) is 48.5 Å². The number of fused-ring (bicyclic) bond motifs is 1. The van der Waals surface area contributed by atoms with Gasteiger partial charge >= 0.3 is 0 Å². The summed E-state index contributed by atoms with van der Waals surface area (Å²) in [5.74, 6) is 0.913. The Morgan fingerprint density at radius 2 is 1.92 bits per heavy atom. The van der Waals surface area contributed by atoms with Crippen LogP contribution in [0.5, 0.6) is 11.5 Å². The quantitative estimate of drug-likeness (QED) is 0.905. The highest BCUT2D eigenvalue weighted by Gasteiger charge is 2.33. The number of carbonyl (C=O) groups is 2. The number of methoxy groups -OCH3 is 1. The second-order valence-corrected chi connectivity index (χ2v) is 5.80. The molecular formula is C19H20N2O4. The van der Waals surface area contributed by atoms with Crippen LogP contribution in [0.4, 0.5) is 5.69 Å². The fourth-order valence-electron chi connectivity index (χ4n) is 2.69. The Bertz CT molecular complexity index is 773. The summed E-state index contributed by atoms with van der Waals surface area (Å²) in [6.45, 7) is 0.385. The van der Waals surface area contributed by atoms with Crippen LogP contribution in [0.2, 0.25) is 0 Å². The van der Waals surface area contributed by atoms with E-state index in [1.807, 2.05) is 42.5 Å². The lowest BCUT2D eigenvalue weighted by molar-refractivity contribution is -0.132. The standard InChI is InChI=1S/C19H20N2O4/c1-21-15-5-3-4-6-16(15)25-17(19(21)23)11-18(22)20-12-13-7-9-14(24-2)10-8-13/h3-10,17H,11-12H2,1-2H3,(H,20,22). The number of anilines is 1. The maximum Gasteiger partial charge on any atom is 0.268 e. The number of hydrogen-bond acceptors (Lipinski definition) is 4. The molecule has 0 saturated carbocycles. The maximum atomic E-state index is 12.4. The largest absolute Gasteiger partial charge is 0.497 e. The molecule has 0 aliphatic carbocycles. The van der Waals surface area contributed by atoms with Gasteiger partial charge in [0.05, 0.1) is 19.2 Å². The molecule has 2 aromatic carbocycles. The third-order valence-corrected chi connectivity index (χ3v) is 4.12. The Kier molecular flexibility index (Phi) is 4.88. The summed E-state index contributed by atoms with van der Waals surface area (Å²) in [5, 5.41) is 2.81. The molecule has 6 nitrogen and oxygen atoms in total. The van der Waals surface area contributed by atoms with E-state index in [0.717, 1.165) is 11.3 Å². The lowest BCUT2D eigenvalue weighted by Gasteiger charge is -2.31. The molecule has 130 valence electrons. The van der Waals surface area contributed by atoms with Gasteiger partial charge in [-0.25, -0.2) is 0 Å². The van der Waals surface area contributed by atoms with E-state index in [4.69, 9.17) is 9.47 Å². The Morgan fingerprint density at radius 3 is 2.64 bits per heavy atom. The van der Waals surface area contributed by atoms with Gasteiger partial charge in [0, 0.05) is 13.6 Å². The molecule has 6 heteroatoms. The molecule has 0 radical (unpaired) electrons. The minimum Gasteiger partial charge on any atom is -0.497 e. The normalized spacial score (nSPS) is 16.0. The third-order valence-electron chi connectivity index (χ3n) is 4.12. The zero-order valence-corrected chi connectivity index (χ0v) is 14.2. The molecule has 1 unspecified atom stereocenters. The molecule has 0 bridgehead atoms. The van der Waals surface area contributed by atoms with Gasteiger partial charge in [0.1, 0.15) is 11.5 Å². The Morgan fingerprint density at radius 1 is 1.20 bits per heavy atom. The monoisotopic (exact) mass is 340 g/mol. The lowest BCUT2D eigenvalue weighted by Crippen LogP contribution is -2.46. The SMILES string of the molecule is COc1ccc(CNC(=O)CC2Oc3ccccc3N(C)C2=O)cc1. The van der Waals surface area contributed by atoms with Crippen LogP contribution >= 0.6 is 0 Å². The van der Waals surface area contributed by atoms with Crippen LogP contribution < -0.4 is 19.7 Å². The molecule has 0 fully saturated rings. The number of amides is 2. The van der Waals surface area contributed by atoms with Crippen LogP contribution in [-0.2, 0) is 16.1 Å². The number of nitrogens with zero attached hydrogens (tertiary/aromatic N) is 1. The van der Waals surface area contributed by atoms with Gasteiger partial charge < -0.3 is 19.7 Å². The van der Waals surface area contributed by atoms with Crippen LogP contribution in [0.25, 0.3) is 0 Å². The Balaban J connectivity index is 1.58. The van der Waals surface area contributed by atoms with Crippen molar-refractivity contribution in [2.75, 3.05) is 19.1 Å². The molecule has 1 atom stereocenters. The molecule has 0 saturated heterocycles. The first-order valence-electron chi connectivity index (χ1n) is 8.01.